The van der Waals surface area contributed by atoms with Crippen molar-refractivity contribution in [2.75, 3.05) is 12.8 Å². The van der Waals surface area contributed by atoms with Crippen molar-refractivity contribution in [3.05, 3.63) is 0 Å². The van der Waals surface area contributed by atoms with Crippen molar-refractivity contribution in [1.29, 1.82) is 0 Å². The molecule has 0 amide bonds. The van der Waals surface area contributed by atoms with Crippen molar-refractivity contribution < 1.29 is 8.42 Å². The average molecular weight is 151 g/mol. The molecule has 0 aromatic carbocycles. The fraction of sp³-hybridized carbons (Fsp3) is 1.00. The van der Waals surface area contributed by atoms with Crippen molar-refractivity contribution in [1.82, 2.24) is 0 Å². The van der Waals surface area contributed by atoms with Crippen molar-refractivity contribution in [3.63, 3.8) is 0 Å². The summed E-state index contributed by atoms with van der Waals surface area (Å²) in [4.78, 5) is 0. The first-order valence-corrected chi connectivity index (χ1v) is 4.60. The zero-order valence-electron chi connectivity index (χ0n) is 6.01. The monoisotopic (exact) mass is 151 g/mol. The normalized spacial score (nSPS) is 13.8. The van der Waals surface area contributed by atoms with Gasteiger partial charge in [-0.15, -0.1) is 0 Å². The maximum Gasteiger partial charge on any atom is 0.153 e. The molecule has 9 heavy (non-hydrogen) atoms. The predicted molar refractivity (Wildman–Crippen MR) is 38.0 cm³/mol. The molecule has 0 heterocycles. The maximum atomic E-state index is 10.8. The van der Waals surface area contributed by atoms with Gasteiger partial charge in [0.2, 0.25) is 0 Å². The van der Waals surface area contributed by atoms with Crippen LogP contribution in [0.4, 0.5) is 0 Å². The summed E-state index contributed by atoms with van der Waals surface area (Å²) in [5.41, 5.74) is 5.21. The van der Waals surface area contributed by atoms with Crippen LogP contribution in [0.1, 0.15) is 13.8 Å². The lowest BCUT2D eigenvalue weighted by molar-refractivity contribution is 0.555. The summed E-state index contributed by atoms with van der Waals surface area (Å²) >= 11 is 0. The Morgan fingerprint density at radius 1 is 1.44 bits per heavy atom. The highest BCUT2D eigenvalue weighted by atomic mass is 32.2. The molecule has 0 fully saturated rings. The lowest BCUT2D eigenvalue weighted by Crippen LogP contribution is -2.38. The van der Waals surface area contributed by atoms with Crippen molar-refractivity contribution in [2.24, 2.45) is 5.73 Å². The molecule has 0 aromatic rings. The van der Waals surface area contributed by atoms with E-state index >= 15 is 0 Å². The Balaban J connectivity index is 4.56. The van der Waals surface area contributed by atoms with E-state index in [0.717, 1.165) is 0 Å². The number of sulfone groups is 1. The molecule has 2 N–H and O–H groups in total. The van der Waals surface area contributed by atoms with Gasteiger partial charge in [0.05, 0.1) is 4.75 Å². The molecule has 0 aliphatic carbocycles. The van der Waals surface area contributed by atoms with Gasteiger partial charge in [0.1, 0.15) is 0 Å². The number of rotatable bonds is 2. The lowest BCUT2D eigenvalue weighted by atomic mass is 10.2. The Labute approximate surface area is 56.2 Å². The van der Waals surface area contributed by atoms with Crippen LogP contribution in [-0.4, -0.2) is 26.0 Å². The summed E-state index contributed by atoms with van der Waals surface area (Å²) in [6.45, 7) is 3.40. The second kappa shape index (κ2) is 2.27. The summed E-state index contributed by atoms with van der Waals surface area (Å²) in [5.74, 6) is 0. The first kappa shape index (κ1) is 8.91. The molecule has 0 saturated carbocycles. The Kier molecular flexibility index (Phi) is 2.24. The minimum atomic E-state index is -2.98. The molecular weight excluding hydrogens is 138 g/mol. The van der Waals surface area contributed by atoms with Gasteiger partial charge >= 0.3 is 0 Å². The molecule has 0 atom stereocenters. The Morgan fingerprint density at radius 2 is 1.78 bits per heavy atom. The number of nitrogens with two attached hydrogens (primary N) is 1. The van der Waals surface area contributed by atoms with E-state index in [2.05, 4.69) is 0 Å². The summed E-state index contributed by atoms with van der Waals surface area (Å²) in [5, 5.41) is 0. The van der Waals surface area contributed by atoms with Gasteiger partial charge in [0.25, 0.3) is 0 Å². The third-order valence-corrected chi connectivity index (χ3v) is 3.67. The van der Waals surface area contributed by atoms with Gasteiger partial charge in [0.15, 0.2) is 9.84 Å². The van der Waals surface area contributed by atoms with E-state index in [4.69, 9.17) is 5.73 Å². The number of hydrogen-bond acceptors (Lipinski definition) is 3. The topological polar surface area (TPSA) is 60.2 Å². The van der Waals surface area contributed by atoms with Gasteiger partial charge in [-0.3, -0.25) is 0 Å². The maximum absolute atomic E-state index is 10.8. The third kappa shape index (κ3) is 1.95. The molecule has 0 aliphatic rings. The molecule has 56 valence electrons. The highest BCUT2D eigenvalue weighted by Crippen LogP contribution is 2.11. The summed E-state index contributed by atoms with van der Waals surface area (Å²) in [6, 6.07) is 0. The molecule has 0 unspecified atom stereocenters. The summed E-state index contributed by atoms with van der Waals surface area (Å²) in [7, 11) is -2.98. The Hall–Kier alpha value is -0.0900. The van der Waals surface area contributed by atoms with Crippen LogP contribution in [0.5, 0.6) is 0 Å². The zero-order valence-corrected chi connectivity index (χ0v) is 6.83. The highest BCUT2D eigenvalue weighted by Gasteiger charge is 2.27. The molecule has 4 heteroatoms. The van der Waals surface area contributed by atoms with Crippen LogP contribution in [-0.2, 0) is 9.84 Å². The molecule has 0 rings (SSSR count). The van der Waals surface area contributed by atoms with Crippen LogP contribution in [0.3, 0.4) is 0 Å². The largest absolute Gasteiger partial charge is 0.329 e. The van der Waals surface area contributed by atoms with E-state index in [1.54, 1.807) is 13.8 Å². The number of hydrogen-bond donors (Lipinski definition) is 1. The van der Waals surface area contributed by atoms with Crippen molar-refractivity contribution >= 4 is 9.84 Å². The standard InChI is InChI=1S/C5H13NO2S/c1-5(2,4-6)9(3,7)8/h4,6H2,1-3H3. The minimum absolute atomic E-state index is 0.172. The fourth-order valence-corrected chi connectivity index (χ4v) is 0.454. The molecular formula is C5H13NO2S. The first-order chi connectivity index (χ1) is 3.81. The minimum Gasteiger partial charge on any atom is -0.329 e. The third-order valence-electron chi connectivity index (χ3n) is 1.50. The van der Waals surface area contributed by atoms with Crippen LogP contribution in [0.15, 0.2) is 0 Å². The molecule has 0 aliphatic heterocycles. The molecule has 0 bridgehead atoms. The van der Waals surface area contributed by atoms with E-state index in [9.17, 15) is 8.42 Å². The zero-order chi connectivity index (χ0) is 7.71. The second-order valence-corrected chi connectivity index (χ2v) is 5.39. The van der Waals surface area contributed by atoms with E-state index in [0.29, 0.717) is 0 Å². The quantitative estimate of drug-likeness (QED) is 0.593. The highest BCUT2D eigenvalue weighted by molar-refractivity contribution is 7.92. The Morgan fingerprint density at radius 3 is 1.78 bits per heavy atom. The van der Waals surface area contributed by atoms with Gasteiger partial charge in [0, 0.05) is 12.8 Å². The van der Waals surface area contributed by atoms with Crippen LogP contribution >= 0.6 is 0 Å². The van der Waals surface area contributed by atoms with E-state index in [-0.39, 0.29) is 6.54 Å². The van der Waals surface area contributed by atoms with E-state index in [1.165, 1.54) is 6.26 Å². The SMILES string of the molecule is CC(C)(CN)S(C)(=O)=O. The fourth-order valence-electron chi connectivity index (χ4n) is 0.151. The van der Waals surface area contributed by atoms with E-state index in [1.807, 2.05) is 0 Å². The van der Waals surface area contributed by atoms with Gasteiger partial charge in [-0.25, -0.2) is 8.42 Å². The molecule has 0 aromatic heterocycles. The van der Waals surface area contributed by atoms with Crippen molar-refractivity contribution in [2.45, 2.75) is 18.6 Å². The molecule has 3 nitrogen and oxygen atoms in total. The van der Waals surface area contributed by atoms with Gasteiger partial charge in [-0.1, -0.05) is 0 Å². The van der Waals surface area contributed by atoms with Crippen LogP contribution in [0.25, 0.3) is 0 Å². The summed E-state index contributed by atoms with van der Waals surface area (Å²) in [6.07, 6.45) is 1.19. The average Bonchev–Trinajstić information content (AvgIpc) is 1.64. The first-order valence-electron chi connectivity index (χ1n) is 2.71. The second-order valence-electron chi connectivity index (χ2n) is 2.74. The van der Waals surface area contributed by atoms with Gasteiger partial charge in [-0.05, 0) is 13.8 Å². The Bertz CT molecular complexity index is 181. The lowest BCUT2D eigenvalue weighted by Gasteiger charge is -2.18. The molecule has 0 spiro atoms. The van der Waals surface area contributed by atoms with E-state index < -0.39 is 14.6 Å². The van der Waals surface area contributed by atoms with Gasteiger partial charge < -0.3 is 5.73 Å². The summed E-state index contributed by atoms with van der Waals surface area (Å²) < 4.78 is 20.8. The molecule has 0 radical (unpaired) electrons. The smallest absolute Gasteiger partial charge is 0.153 e. The predicted octanol–water partition coefficient (Wildman–Crippen LogP) is -0.232. The van der Waals surface area contributed by atoms with Crippen molar-refractivity contribution in [3.8, 4) is 0 Å². The molecule has 0 saturated heterocycles. The van der Waals surface area contributed by atoms with Crippen LogP contribution in [0, 0.1) is 0 Å². The van der Waals surface area contributed by atoms with Gasteiger partial charge in [-0.2, -0.15) is 0 Å². The van der Waals surface area contributed by atoms with Crippen LogP contribution < -0.4 is 5.73 Å². The van der Waals surface area contributed by atoms with Crippen LogP contribution in [0.2, 0.25) is 0 Å².